The van der Waals surface area contributed by atoms with Crippen LogP contribution >= 0.6 is 15.6 Å². The second-order valence-electron chi connectivity index (χ2n) is 30.8. The fourth-order valence-corrected chi connectivity index (χ4v) is 14.2. The number of aliphatic hydroxyl groups excluding tert-OH is 1. The summed E-state index contributed by atoms with van der Waals surface area (Å²) in [6, 6.07) is 0. The number of ether oxygens (including phenoxy) is 4. The molecule has 0 heterocycles. The molecule has 0 aliphatic rings. The summed E-state index contributed by atoms with van der Waals surface area (Å²) >= 11 is 0. The van der Waals surface area contributed by atoms with Crippen molar-refractivity contribution in [3.63, 3.8) is 0 Å². The third kappa shape index (κ3) is 75.0. The van der Waals surface area contributed by atoms with E-state index in [-0.39, 0.29) is 25.7 Å². The number of esters is 4. The van der Waals surface area contributed by atoms with Crippen LogP contribution in [0.15, 0.2) is 24.3 Å². The first-order valence-corrected chi connectivity index (χ1v) is 46.2. The van der Waals surface area contributed by atoms with Gasteiger partial charge in [-0.2, -0.15) is 0 Å². The monoisotopic (exact) mass is 1520 g/mol. The second kappa shape index (κ2) is 74.6. The number of rotatable bonds is 81. The van der Waals surface area contributed by atoms with Crippen molar-refractivity contribution in [1.82, 2.24) is 0 Å². The standard InChI is InChI=1S/C85H162O17P2/c1-8-11-12-13-14-15-16-17-22-30-35-40-45-54-61-69-85(90)102-81(73-96-83(88)67-60-53-48-47-49-56-63-76(4)5)75-100-104(93,94)98-71-79(86)70-97-103(91,92)99-74-80(101-84(89)68-62-55-46-41-36-31-26-25-28-33-38-43-51-58-65-78(7)10-3)72-95-82(87)66-59-52-44-39-34-29-24-21-19-18-20-23-27-32-37-42-50-57-64-77(6)9-2/h15-17,22,76-81,86H,8-14,18-21,23-75H2,1-7H3,(H,91,92)(H,93,94)/b16-15-,22-17-/t77?,78?,79-,80-,81-/m1/s1. The second-order valence-corrected chi connectivity index (χ2v) is 33.8. The van der Waals surface area contributed by atoms with E-state index in [1.807, 2.05) is 0 Å². The van der Waals surface area contributed by atoms with E-state index in [1.54, 1.807) is 0 Å². The zero-order valence-corrected chi connectivity index (χ0v) is 69.8. The van der Waals surface area contributed by atoms with E-state index in [0.29, 0.717) is 31.6 Å². The fourth-order valence-electron chi connectivity index (χ4n) is 12.6. The van der Waals surface area contributed by atoms with Crippen LogP contribution in [0, 0.1) is 17.8 Å². The lowest BCUT2D eigenvalue weighted by atomic mass is 9.99. The summed E-state index contributed by atoms with van der Waals surface area (Å²) in [6.45, 7) is 11.9. The number of unbranched alkanes of at least 4 members (excludes halogenated alkanes) is 44. The van der Waals surface area contributed by atoms with Crippen LogP contribution in [-0.2, 0) is 65.4 Å². The Labute approximate surface area is 637 Å². The highest BCUT2D eigenvalue weighted by molar-refractivity contribution is 7.47. The Kier molecular flexibility index (Phi) is 72.9. The smallest absolute Gasteiger partial charge is 0.462 e. The van der Waals surface area contributed by atoms with Crippen LogP contribution in [0.5, 0.6) is 0 Å². The maximum absolute atomic E-state index is 13.1. The molecule has 614 valence electrons. The van der Waals surface area contributed by atoms with Gasteiger partial charge in [0.15, 0.2) is 12.2 Å². The van der Waals surface area contributed by atoms with Gasteiger partial charge in [-0.1, -0.05) is 368 Å². The minimum atomic E-state index is -4.97. The number of carbonyl (C=O) groups is 4. The first-order chi connectivity index (χ1) is 50.3. The molecule has 0 amide bonds. The lowest BCUT2D eigenvalue weighted by Gasteiger charge is -2.21. The van der Waals surface area contributed by atoms with Crippen LogP contribution in [0.4, 0.5) is 0 Å². The number of allylic oxidation sites excluding steroid dienone is 4. The molecule has 0 fully saturated rings. The molecular formula is C85H162O17P2. The van der Waals surface area contributed by atoms with Crippen LogP contribution in [-0.4, -0.2) is 96.7 Å². The minimum Gasteiger partial charge on any atom is -0.462 e. The van der Waals surface area contributed by atoms with Gasteiger partial charge in [-0.3, -0.25) is 37.3 Å². The largest absolute Gasteiger partial charge is 0.472 e. The molecule has 0 radical (unpaired) electrons. The van der Waals surface area contributed by atoms with E-state index >= 15 is 0 Å². The van der Waals surface area contributed by atoms with Crippen molar-refractivity contribution >= 4 is 39.5 Å². The van der Waals surface area contributed by atoms with Gasteiger partial charge in [0.1, 0.15) is 19.3 Å². The van der Waals surface area contributed by atoms with E-state index in [4.69, 9.17) is 37.0 Å². The Bertz CT molecular complexity index is 2110. The van der Waals surface area contributed by atoms with Crippen molar-refractivity contribution in [3.05, 3.63) is 24.3 Å². The van der Waals surface area contributed by atoms with E-state index in [9.17, 15) is 43.2 Å². The highest BCUT2D eigenvalue weighted by atomic mass is 31.2. The quantitative estimate of drug-likeness (QED) is 0.0169. The Morgan fingerprint density at radius 1 is 0.317 bits per heavy atom. The third-order valence-electron chi connectivity index (χ3n) is 20.0. The molecule has 104 heavy (non-hydrogen) atoms. The van der Waals surface area contributed by atoms with Gasteiger partial charge in [0.05, 0.1) is 26.4 Å². The van der Waals surface area contributed by atoms with Crippen molar-refractivity contribution in [2.45, 2.75) is 439 Å². The number of hydrogen-bond donors (Lipinski definition) is 3. The molecule has 0 aromatic heterocycles. The highest BCUT2D eigenvalue weighted by Crippen LogP contribution is 2.45. The normalized spacial score (nSPS) is 14.6. The number of phosphoric acid groups is 2. The van der Waals surface area contributed by atoms with Gasteiger partial charge in [-0.25, -0.2) is 9.13 Å². The molecule has 0 aliphatic carbocycles. The third-order valence-corrected chi connectivity index (χ3v) is 21.9. The van der Waals surface area contributed by atoms with Gasteiger partial charge in [-0.15, -0.1) is 0 Å². The minimum absolute atomic E-state index is 0.0840. The maximum atomic E-state index is 13.1. The van der Waals surface area contributed by atoms with Crippen LogP contribution in [0.1, 0.15) is 421 Å². The van der Waals surface area contributed by atoms with Gasteiger partial charge >= 0.3 is 39.5 Å². The summed E-state index contributed by atoms with van der Waals surface area (Å²) in [5.41, 5.74) is 0. The first-order valence-electron chi connectivity index (χ1n) is 43.2. The number of hydrogen-bond acceptors (Lipinski definition) is 15. The summed E-state index contributed by atoms with van der Waals surface area (Å²) in [5, 5.41) is 10.7. The van der Waals surface area contributed by atoms with Crippen LogP contribution in [0.2, 0.25) is 0 Å². The molecule has 0 saturated carbocycles. The number of aliphatic hydroxyl groups is 1. The van der Waals surface area contributed by atoms with Gasteiger partial charge < -0.3 is 33.8 Å². The molecule has 0 spiro atoms. The van der Waals surface area contributed by atoms with Crippen LogP contribution < -0.4 is 0 Å². The molecule has 0 aromatic carbocycles. The number of phosphoric ester groups is 2. The molecule has 19 heteroatoms. The average Bonchev–Trinajstić information content (AvgIpc) is 0.904. The molecule has 0 saturated heterocycles. The van der Waals surface area contributed by atoms with Gasteiger partial charge in [0.25, 0.3) is 0 Å². The maximum Gasteiger partial charge on any atom is 0.472 e. The SMILES string of the molecule is CCCCCC/C=C\C=C/CCCCCCCC(=O)O[C@H](COC(=O)CCCCCCCCC(C)C)COP(=O)(O)OC[C@H](O)COP(=O)(O)OC[C@@H](COC(=O)CCCCCCCCCCCCCCCCCCCCC(C)CC)OC(=O)CCCCCCCCCCCCCCCCC(C)CC. The predicted octanol–water partition coefficient (Wildman–Crippen LogP) is 25.3. The van der Waals surface area contributed by atoms with Crippen molar-refractivity contribution in [1.29, 1.82) is 0 Å². The van der Waals surface area contributed by atoms with Gasteiger partial charge in [0.2, 0.25) is 0 Å². The topological polar surface area (TPSA) is 237 Å². The van der Waals surface area contributed by atoms with Crippen molar-refractivity contribution in [2.24, 2.45) is 17.8 Å². The zero-order chi connectivity index (χ0) is 76.5. The summed E-state index contributed by atoms with van der Waals surface area (Å²) in [7, 11) is -9.94. The fraction of sp³-hybridized carbons (Fsp3) is 0.906. The molecule has 0 aromatic rings. The van der Waals surface area contributed by atoms with Gasteiger partial charge in [-0.05, 0) is 69.1 Å². The molecule has 0 bridgehead atoms. The molecule has 0 aliphatic heterocycles. The van der Waals surface area contributed by atoms with E-state index in [0.717, 1.165) is 121 Å². The van der Waals surface area contributed by atoms with Crippen LogP contribution in [0.25, 0.3) is 0 Å². The first kappa shape index (κ1) is 102. The Balaban J connectivity index is 5.23. The lowest BCUT2D eigenvalue weighted by Crippen LogP contribution is -2.30. The zero-order valence-electron chi connectivity index (χ0n) is 68.0. The molecule has 0 rings (SSSR count). The summed E-state index contributed by atoms with van der Waals surface area (Å²) in [5.74, 6) is 0.253. The van der Waals surface area contributed by atoms with Crippen LogP contribution in [0.3, 0.4) is 0 Å². The number of carbonyl (C=O) groups excluding carboxylic acids is 4. The van der Waals surface area contributed by atoms with E-state index in [2.05, 4.69) is 72.8 Å². The Hall–Kier alpha value is -2.46. The molecule has 7 atom stereocenters. The van der Waals surface area contributed by atoms with E-state index < -0.39 is 97.5 Å². The van der Waals surface area contributed by atoms with E-state index in [1.165, 1.54) is 212 Å². The predicted molar refractivity (Wildman–Crippen MR) is 427 cm³/mol. The summed E-state index contributed by atoms with van der Waals surface area (Å²) < 4.78 is 68.7. The summed E-state index contributed by atoms with van der Waals surface area (Å²) in [4.78, 5) is 73.1. The molecule has 17 nitrogen and oxygen atoms in total. The Morgan fingerprint density at radius 2 is 0.567 bits per heavy atom. The van der Waals surface area contributed by atoms with Crippen molar-refractivity contribution < 1.29 is 80.2 Å². The Morgan fingerprint density at radius 3 is 0.856 bits per heavy atom. The lowest BCUT2D eigenvalue weighted by molar-refractivity contribution is -0.161. The molecular weight excluding hydrogens is 1350 g/mol. The molecule has 3 N–H and O–H groups in total. The van der Waals surface area contributed by atoms with Crippen molar-refractivity contribution in [2.75, 3.05) is 39.6 Å². The van der Waals surface area contributed by atoms with Crippen molar-refractivity contribution in [3.8, 4) is 0 Å². The molecule has 4 unspecified atom stereocenters. The average molecular weight is 1520 g/mol. The highest BCUT2D eigenvalue weighted by Gasteiger charge is 2.30. The summed E-state index contributed by atoms with van der Waals surface area (Å²) in [6.07, 6.45) is 67.6. The van der Waals surface area contributed by atoms with Gasteiger partial charge in [0, 0.05) is 25.7 Å².